The van der Waals surface area contributed by atoms with Crippen molar-refractivity contribution in [3.63, 3.8) is 0 Å². The van der Waals surface area contributed by atoms with E-state index < -0.39 is 6.10 Å². The molecule has 1 saturated carbocycles. The van der Waals surface area contributed by atoms with Crippen LogP contribution >= 0.6 is 0 Å². The van der Waals surface area contributed by atoms with E-state index in [9.17, 15) is 9.90 Å². The minimum absolute atomic E-state index is 0.218. The Bertz CT molecular complexity index is 692. The summed E-state index contributed by atoms with van der Waals surface area (Å²) in [5.74, 6) is 0.869. The minimum Gasteiger partial charge on any atom is -0.455 e. The molecule has 140 valence electrons. The largest absolute Gasteiger partial charge is 0.455 e. The van der Waals surface area contributed by atoms with E-state index in [2.05, 4.69) is 10.2 Å². The molecule has 1 amide bonds. The monoisotopic (exact) mass is 356 g/mol. The number of aliphatic hydroxyl groups excluding tert-OH is 1. The Kier molecular flexibility index (Phi) is 6.47. The van der Waals surface area contributed by atoms with Crippen LogP contribution in [0.3, 0.4) is 0 Å². The number of amides is 1. The van der Waals surface area contributed by atoms with Gasteiger partial charge in [0, 0.05) is 19.6 Å². The standard InChI is InChI=1S/C21H28N2O3/c1-22-21(25)20-13-12-18(26-20)14-23(17-10-6-3-7-11-17)15-19(24)16-8-4-2-5-9-16/h2,4-5,8-9,12-13,17,19,24H,3,6-7,10-11,14-15H2,1H3,(H,22,25). The van der Waals surface area contributed by atoms with Gasteiger partial charge in [-0.15, -0.1) is 0 Å². The number of carbonyl (C=O) groups excluding carboxylic acids is 1. The number of rotatable bonds is 7. The summed E-state index contributed by atoms with van der Waals surface area (Å²) in [7, 11) is 1.59. The van der Waals surface area contributed by atoms with Gasteiger partial charge >= 0.3 is 0 Å². The molecule has 1 aliphatic rings. The zero-order valence-corrected chi connectivity index (χ0v) is 15.4. The van der Waals surface area contributed by atoms with Crippen molar-refractivity contribution in [1.82, 2.24) is 10.2 Å². The first-order valence-corrected chi connectivity index (χ1v) is 9.45. The second kappa shape index (κ2) is 9.01. The van der Waals surface area contributed by atoms with E-state index in [0.717, 1.165) is 24.2 Å². The van der Waals surface area contributed by atoms with E-state index in [0.29, 0.717) is 24.9 Å². The highest BCUT2D eigenvalue weighted by Gasteiger charge is 2.25. The molecule has 3 rings (SSSR count). The van der Waals surface area contributed by atoms with E-state index in [1.54, 1.807) is 13.1 Å². The Morgan fingerprint density at radius 1 is 1.19 bits per heavy atom. The van der Waals surface area contributed by atoms with Gasteiger partial charge in [0.25, 0.3) is 5.91 Å². The molecule has 5 heteroatoms. The maximum atomic E-state index is 11.7. The smallest absolute Gasteiger partial charge is 0.286 e. The van der Waals surface area contributed by atoms with Gasteiger partial charge < -0.3 is 14.8 Å². The maximum absolute atomic E-state index is 11.7. The topological polar surface area (TPSA) is 65.7 Å². The van der Waals surface area contributed by atoms with Crippen molar-refractivity contribution in [2.75, 3.05) is 13.6 Å². The average Bonchev–Trinajstić information content (AvgIpc) is 3.17. The Hall–Kier alpha value is -2.11. The van der Waals surface area contributed by atoms with Crippen LogP contribution in [0, 0.1) is 0 Å². The predicted molar refractivity (Wildman–Crippen MR) is 101 cm³/mol. The summed E-state index contributed by atoms with van der Waals surface area (Å²) in [5.41, 5.74) is 0.929. The van der Waals surface area contributed by atoms with Crippen molar-refractivity contribution < 1.29 is 14.3 Å². The highest BCUT2D eigenvalue weighted by molar-refractivity contribution is 5.91. The van der Waals surface area contributed by atoms with Gasteiger partial charge in [-0.25, -0.2) is 0 Å². The fourth-order valence-corrected chi connectivity index (χ4v) is 3.70. The van der Waals surface area contributed by atoms with Gasteiger partial charge in [0.2, 0.25) is 0 Å². The molecule has 0 aliphatic heterocycles. The van der Waals surface area contributed by atoms with E-state index in [-0.39, 0.29) is 5.91 Å². The minimum atomic E-state index is -0.536. The third-order valence-electron chi connectivity index (χ3n) is 5.15. The fourth-order valence-electron chi connectivity index (χ4n) is 3.70. The van der Waals surface area contributed by atoms with Gasteiger partial charge in [0.1, 0.15) is 5.76 Å². The summed E-state index contributed by atoms with van der Waals surface area (Å²) in [6.07, 6.45) is 5.49. The average molecular weight is 356 g/mol. The lowest BCUT2D eigenvalue weighted by atomic mass is 9.93. The first kappa shape index (κ1) is 18.7. The lowest BCUT2D eigenvalue weighted by molar-refractivity contribution is 0.0621. The van der Waals surface area contributed by atoms with Crippen LogP contribution in [0.1, 0.15) is 60.1 Å². The van der Waals surface area contributed by atoms with Crippen LogP contribution in [-0.4, -0.2) is 35.5 Å². The number of carbonyl (C=O) groups is 1. The maximum Gasteiger partial charge on any atom is 0.286 e. The molecule has 1 aromatic carbocycles. The molecule has 1 unspecified atom stereocenters. The SMILES string of the molecule is CNC(=O)c1ccc(CN(CC(O)c2ccccc2)C2CCCCC2)o1. The van der Waals surface area contributed by atoms with Crippen molar-refractivity contribution in [2.45, 2.75) is 50.8 Å². The van der Waals surface area contributed by atoms with Crippen LogP contribution in [-0.2, 0) is 6.54 Å². The van der Waals surface area contributed by atoms with Crippen molar-refractivity contribution >= 4 is 5.91 Å². The number of nitrogens with one attached hydrogen (secondary N) is 1. The van der Waals surface area contributed by atoms with Gasteiger partial charge in [0.05, 0.1) is 12.6 Å². The van der Waals surface area contributed by atoms with Crippen LogP contribution in [0.2, 0.25) is 0 Å². The van der Waals surface area contributed by atoms with Gasteiger partial charge in [-0.1, -0.05) is 49.6 Å². The first-order valence-electron chi connectivity index (χ1n) is 9.45. The zero-order valence-electron chi connectivity index (χ0n) is 15.4. The normalized spacial score (nSPS) is 16.6. The van der Waals surface area contributed by atoms with Crippen LogP contribution in [0.4, 0.5) is 0 Å². The van der Waals surface area contributed by atoms with Crippen molar-refractivity contribution in [3.05, 3.63) is 59.5 Å². The Morgan fingerprint density at radius 2 is 1.92 bits per heavy atom. The summed E-state index contributed by atoms with van der Waals surface area (Å²) >= 11 is 0. The number of hydrogen-bond donors (Lipinski definition) is 2. The first-order chi connectivity index (χ1) is 12.7. The summed E-state index contributed by atoms with van der Waals surface area (Å²) in [6, 6.07) is 13.8. The molecule has 0 spiro atoms. The molecule has 5 nitrogen and oxygen atoms in total. The molecule has 1 aliphatic carbocycles. The third-order valence-corrected chi connectivity index (χ3v) is 5.15. The number of furan rings is 1. The van der Waals surface area contributed by atoms with Crippen LogP contribution < -0.4 is 5.32 Å². The molecular formula is C21H28N2O3. The zero-order chi connectivity index (χ0) is 18.4. The predicted octanol–water partition coefficient (Wildman–Crippen LogP) is 3.51. The van der Waals surface area contributed by atoms with E-state index in [4.69, 9.17) is 4.42 Å². The molecule has 26 heavy (non-hydrogen) atoms. The molecule has 2 aromatic rings. The van der Waals surface area contributed by atoms with E-state index in [1.165, 1.54) is 19.3 Å². The number of aliphatic hydroxyl groups is 1. The highest BCUT2D eigenvalue weighted by Crippen LogP contribution is 2.27. The molecule has 1 atom stereocenters. The summed E-state index contributed by atoms with van der Waals surface area (Å²) in [6.45, 7) is 1.16. The third kappa shape index (κ3) is 4.74. The molecule has 0 bridgehead atoms. The number of benzene rings is 1. The van der Waals surface area contributed by atoms with Crippen LogP contribution in [0.15, 0.2) is 46.9 Å². The number of hydrogen-bond acceptors (Lipinski definition) is 4. The van der Waals surface area contributed by atoms with Crippen LogP contribution in [0.25, 0.3) is 0 Å². The summed E-state index contributed by atoms with van der Waals surface area (Å²) in [5, 5.41) is 13.3. The molecule has 1 fully saturated rings. The second-order valence-electron chi connectivity index (χ2n) is 6.99. The van der Waals surface area contributed by atoms with Gasteiger partial charge in [-0.05, 0) is 30.5 Å². The molecular weight excluding hydrogens is 328 g/mol. The quantitative estimate of drug-likeness (QED) is 0.797. The molecule has 1 aromatic heterocycles. The Morgan fingerprint density at radius 3 is 2.62 bits per heavy atom. The van der Waals surface area contributed by atoms with Gasteiger partial charge in [0.15, 0.2) is 5.76 Å². The summed E-state index contributed by atoms with van der Waals surface area (Å²) < 4.78 is 5.71. The Balaban J connectivity index is 1.72. The van der Waals surface area contributed by atoms with Gasteiger partial charge in [-0.3, -0.25) is 9.69 Å². The molecule has 0 radical (unpaired) electrons. The highest BCUT2D eigenvalue weighted by atomic mass is 16.4. The lowest BCUT2D eigenvalue weighted by Gasteiger charge is -2.35. The van der Waals surface area contributed by atoms with E-state index >= 15 is 0 Å². The van der Waals surface area contributed by atoms with Crippen molar-refractivity contribution in [3.8, 4) is 0 Å². The molecule has 1 heterocycles. The second-order valence-corrected chi connectivity index (χ2v) is 6.99. The lowest BCUT2D eigenvalue weighted by Crippen LogP contribution is -2.39. The Labute approximate surface area is 155 Å². The number of nitrogens with zero attached hydrogens (tertiary/aromatic N) is 1. The van der Waals surface area contributed by atoms with Crippen LogP contribution in [0.5, 0.6) is 0 Å². The fraction of sp³-hybridized carbons (Fsp3) is 0.476. The van der Waals surface area contributed by atoms with Crippen molar-refractivity contribution in [1.29, 1.82) is 0 Å². The summed E-state index contributed by atoms with van der Waals surface area (Å²) in [4.78, 5) is 14.0. The van der Waals surface area contributed by atoms with Crippen molar-refractivity contribution in [2.24, 2.45) is 0 Å². The van der Waals surface area contributed by atoms with Gasteiger partial charge in [-0.2, -0.15) is 0 Å². The van der Waals surface area contributed by atoms with E-state index in [1.807, 2.05) is 36.4 Å². The molecule has 2 N–H and O–H groups in total. The molecule has 0 saturated heterocycles.